The fourth-order valence-corrected chi connectivity index (χ4v) is 2.75. The molecule has 3 rings (SSSR count). The number of nitrogens with zero attached hydrogens (tertiary/aromatic N) is 1. The Kier molecular flexibility index (Phi) is 3.40. The summed E-state index contributed by atoms with van der Waals surface area (Å²) in [5, 5.41) is 1.86. The molecule has 0 aliphatic carbocycles. The number of hydrogen-bond acceptors (Lipinski definition) is 0. The summed E-state index contributed by atoms with van der Waals surface area (Å²) in [7, 11) is 0. The zero-order valence-electron chi connectivity index (χ0n) is 10.2. The quantitative estimate of drug-likeness (QED) is 0.607. The zero-order chi connectivity index (χ0) is 14.3. The smallest absolute Gasteiger partial charge is 0.128 e. The molecule has 20 heavy (non-hydrogen) atoms. The van der Waals surface area contributed by atoms with E-state index in [0.29, 0.717) is 10.0 Å². The molecule has 0 saturated carbocycles. The normalized spacial score (nSPS) is 11.2. The minimum atomic E-state index is -0.464. The van der Waals surface area contributed by atoms with Gasteiger partial charge in [0, 0.05) is 22.2 Å². The topological polar surface area (TPSA) is 4.93 Å². The third-order valence-corrected chi connectivity index (χ3v) is 3.68. The largest absolute Gasteiger partial charge is 0.343 e. The third kappa shape index (κ3) is 2.39. The van der Waals surface area contributed by atoms with Crippen molar-refractivity contribution in [2.75, 3.05) is 0 Å². The number of fused-ring (bicyclic) bond motifs is 1. The molecule has 0 atom stereocenters. The van der Waals surface area contributed by atoms with Crippen molar-refractivity contribution in [1.82, 2.24) is 4.57 Å². The Bertz CT molecular complexity index is 796. The second-order valence-corrected chi connectivity index (χ2v) is 5.34. The molecule has 0 unspecified atom stereocenters. The molecular weight excluding hydrogens is 303 g/mol. The predicted octanol–water partition coefficient (Wildman–Crippen LogP) is 5.27. The maximum atomic E-state index is 13.7. The summed E-state index contributed by atoms with van der Waals surface area (Å²) in [4.78, 5) is 0. The molecule has 102 valence electrons. The molecule has 0 saturated heterocycles. The van der Waals surface area contributed by atoms with Crippen LogP contribution in [0.1, 0.15) is 5.56 Å². The molecule has 0 bridgehead atoms. The maximum absolute atomic E-state index is 13.7. The first-order valence-corrected chi connectivity index (χ1v) is 6.68. The summed E-state index contributed by atoms with van der Waals surface area (Å²) < 4.78 is 28.7. The van der Waals surface area contributed by atoms with Gasteiger partial charge in [0.05, 0.1) is 17.1 Å². The monoisotopic (exact) mass is 311 g/mol. The molecule has 0 amide bonds. The first-order chi connectivity index (χ1) is 9.54. The Morgan fingerprint density at radius 2 is 1.80 bits per heavy atom. The van der Waals surface area contributed by atoms with Gasteiger partial charge in [-0.15, -0.1) is 0 Å². The highest BCUT2D eigenvalue weighted by Crippen LogP contribution is 2.29. The SMILES string of the molecule is Fc1ccc(F)c(Cn2ccc3c(Cl)cc(Cl)cc32)c1. The Hall–Kier alpha value is -1.58. The predicted molar refractivity (Wildman–Crippen MR) is 77.4 cm³/mol. The molecule has 0 aliphatic rings. The highest BCUT2D eigenvalue weighted by molar-refractivity contribution is 6.38. The van der Waals surface area contributed by atoms with Gasteiger partial charge >= 0.3 is 0 Å². The molecule has 1 nitrogen and oxygen atoms in total. The van der Waals surface area contributed by atoms with Gasteiger partial charge in [-0.25, -0.2) is 8.78 Å². The fourth-order valence-electron chi connectivity index (χ4n) is 2.20. The lowest BCUT2D eigenvalue weighted by Crippen LogP contribution is -2.01. The van der Waals surface area contributed by atoms with E-state index in [0.717, 1.165) is 23.0 Å². The van der Waals surface area contributed by atoms with Gasteiger partial charge in [0.25, 0.3) is 0 Å². The lowest BCUT2D eigenvalue weighted by atomic mass is 10.2. The molecule has 0 radical (unpaired) electrons. The molecule has 0 aliphatic heterocycles. The molecule has 0 spiro atoms. The first kappa shape index (κ1) is 13.4. The van der Waals surface area contributed by atoms with Gasteiger partial charge < -0.3 is 4.57 Å². The van der Waals surface area contributed by atoms with E-state index in [2.05, 4.69) is 0 Å². The number of rotatable bonds is 2. The van der Waals surface area contributed by atoms with E-state index in [-0.39, 0.29) is 12.1 Å². The van der Waals surface area contributed by atoms with Crippen molar-refractivity contribution < 1.29 is 8.78 Å². The summed E-state index contributed by atoms with van der Waals surface area (Å²) >= 11 is 12.1. The average molecular weight is 312 g/mol. The van der Waals surface area contributed by atoms with Crippen LogP contribution in [0.3, 0.4) is 0 Å². The third-order valence-electron chi connectivity index (χ3n) is 3.15. The second kappa shape index (κ2) is 5.08. The van der Waals surface area contributed by atoms with E-state index in [9.17, 15) is 8.78 Å². The van der Waals surface area contributed by atoms with Crippen LogP contribution >= 0.6 is 23.2 Å². The van der Waals surface area contributed by atoms with Gasteiger partial charge in [0.15, 0.2) is 0 Å². The molecule has 1 heterocycles. The average Bonchev–Trinajstić information content (AvgIpc) is 2.77. The van der Waals surface area contributed by atoms with Gasteiger partial charge in [0.2, 0.25) is 0 Å². The van der Waals surface area contributed by atoms with Crippen LogP contribution in [0.4, 0.5) is 8.78 Å². The minimum absolute atomic E-state index is 0.212. The van der Waals surface area contributed by atoms with Crippen LogP contribution < -0.4 is 0 Å². The van der Waals surface area contributed by atoms with E-state index >= 15 is 0 Å². The van der Waals surface area contributed by atoms with Gasteiger partial charge in [-0.2, -0.15) is 0 Å². The molecule has 5 heteroatoms. The van der Waals surface area contributed by atoms with E-state index in [1.807, 2.05) is 6.07 Å². The molecular formula is C15H9Cl2F2N. The minimum Gasteiger partial charge on any atom is -0.343 e. The van der Waals surface area contributed by atoms with Crippen LogP contribution in [0.15, 0.2) is 42.6 Å². The summed E-state index contributed by atoms with van der Waals surface area (Å²) in [6.45, 7) is 0.212. The van der Waals surface area contributed by atoms with Crippen molar-refractivity contribution >= 4 is 34.1 Å². The molecule has 0 fully saturated rings. The summed E-state index contributed by atoms with van der Waals surface area (Å²) in [6, 6.07) is 8.63. The van der Waals surface area contributed by atoms with Gasteiger partial charge in [-0.3, -0.25) is 0 Å². The van der Waals surface area contributed by atoms with E-state index in [1.165, 1.54) is 6.07 Å². The van der Waals surface area contributed by atoms with Gasteiger partial charge in [-0.1, -0.05) is 23.2 Å². The molecule has 2 aromatic carbocycles. The Morgan fingerprint density at radius 1 is 1.00 bits per heavy atom. The molecule has 3 aromatic rings. The highest BCUT2D eigenvalue weighted by Gasteiger charge is 2.09. The van der Waals surface area contributed by atoms with Crippen molar-refractivity contribution in [3.8, 4) is 0 Å². The van der Waals surface area contributed by atoms with Gasteiger partial charge in [0.1, 0.15) is 11.6 Å². The lowest BCUT2D eigenvalue weighted by molar-refractivity contribution is 0.579. The van der Waals surface area contributed by atoms with Crippen LogP contribution in [-0.4, -0.2) is 4.57 Å². The second-order valence-electron chi connectivity index (χ2n) is 4.50. The molecule has 1 aromatic heterocycles. The Balaban J connectivity index is 2.09. The van der Waals surface area contributed by atoms with Crippen LogP contribution in [-0.2, 0) is 6.54 Å². The number of halogens is 4. The summed E-state index contributed by atoms with van der Waals surface area (Å²) in [5.74, 6) is -0.907. The fraction of sp³-hybridized carbons (Fsp3) is 0.0667. The summed E-state index contributed by atoms with van der Waals surface area (Å²) in [6.07, 6.45) is 1.78. The van der Waals surface area contributed by atoms with Crippen LogP contribution in [0.25, 0.3) is 10.9 Å². The lowest BCUT2D eigenvalue weighted by Gasteiger charge is -2.08. The van der Waals surface area contributed by atoms with Crippen molar-refractivity contribution in [1.29, 1.82) is 0 Å². The van der Waals surface area contributed by atoms with Crippen LogP contribution in [0.2, 0.25) is 10.0 Å². The first-order valence-electron chi connectivity index (χ1n) is 5.92. The Morgan fingerprint density at radius 3 is 2.60 bits per heavy atom. The van der Waals surface area contributed by atoms with Crippen molar-refractivity contribution in [2.24, 2.45) is 0 Å². The number of benzene rings is 2. The standard InChI is InChI=1S/C15H9Cl2F2N/c16-10-6-13(17)12-3-4-20(15(12)7-10)8-9-5-11(18)1-2-14(9)19/h1-7H,8H2. The van der Waals surface area contributed by atoms with Gasteiger partial charge in [-0.05, 0) is 36.4 Å². The van der Waals surface area contributed by atoms with E-state index in [1.54, 1.807) is 22.9 Å². The van der Waals surface area contributed by atoms with Crippen molar-refractivity contribution in [3.05, 3.63) is 69.8 Å². The van der Waals surface area contributed by atoms with Crippen molar-refractivity contribution in [3.63, 3.8) is 0 Å². The van der Waals surface area contributed by atoms with Crippen molar-refractivity contribution in [2.45, 2.75) is 6.54 Å². The molecule has 0 N–H and O–H groups in total. The maximum Gasteiger partial charge on any atom is 0.128 e. The Labute approximate surface area is 124 Å². The number of aromatic nitrogens is 1. The number of hydrogen-bond donors (Lipinski definition) is 0. The summed E-state index contributed by atoms with van der Waals surface area (Å²) in [5.41, 5.74) is 1.06. The van der Waals surface area contributed by atoms with E-state index < -0.39 is 11.6 Å². The highest BCUT2D eigenvalue weighted by atomic mass is 35.5. The van der Waals surface area contributed by atoms with E-state index in [4.69, 9.17) is 23.2 Å². The van der Waals surface area contributed by atoms with Crippen LogP contribution in [0, 0.1) is 11.6 Å². The zero-order valence-corrected chi connectivity index (χ0v) is 11.7. The van der Waals surface area contributed by atoms with Crippen LogP contribution in [0.5, 0.6) is 0 Å².